The summed E-state index contributed by atoms with van der Waals surface area (Å²) in [6.45, 7) is 2.79. The zero-order chi connectivity index (χ0) is 15.9. The van der Waals surface area contributed by atoms with Crippen molar-refractivity contribution >= 4 is 17.7 Å². The van der Waals surface area contributed by atoms with E-state index in [0.717, 1.165) is 37.6 Å². The maximum absolute atomic E-state index is 6.08. The Morgan fingerprint density at radius 1 is 0.957 bits per heavy atom. The molecule has 2 N–H and O–H groups in total. The van der Waals surface area contributed by atoms with E-state index in [1.165, 1.54) is 16.7 Å². The van der Waals surface area contributed by atoms with Gasteiger partial charge in [0.05, 0.1) is 0 Å². The molecule has 2 aromatic rings. The van der Waals surface area contributed by atoms with Crippen molar-refractivity contribution in [1.29, 1.82) is 0 Å². The van der Waals surface area contributed by atoms with Crippen LogP contribution in [0, 0.1) is 0 Å². The second-order valence-electron chi connectivity index (χ2n) is 5.65. The van der Waals surface area contributed by atoms with Crippen molar-refractivity contribution < 1.29 is 0 Å². The number of benzene rings is 2. The summed E-state index contributed by atoms with van der Waals surface area (Å²) < 4.78 is 0. The van der Waals surface area contributed by atoms with Crippen molar-refractivity contribution in [2.75, 3.05) is 31.1 Å². The Hall–Kier alpha value is -1.94. The van der Waals surface area contributed by atoms with Gasteiger partial charge in [-0.1, -0.05) is 54.6 Å². The number of rotatable bonds is 4. The smallest absolute Gasteiger partial charge is 0.191 e. The Kier molecular flexibility index (Phi) is 5.59. The van der Waals surface area contributed by atoms with Gasteiger partial charge in [0.1, 0.15) is 0 Å². The van der Waals surface area contributed by atoms with E-state index in [2.05, 4.69) is 58.4 Å². The molecule has 0 amide bonds. The lowest BCUT2D eigenvalue weighted by molar-refractivity contribution is 0.456. The van der Waals surface area contributed by atoms with E-state index in [-0.39, 0.29) is 0 Å². The van der Waals surface area contributed by atoms with E-state index >= 15 is 0 Å². The minimum absolute atomic E-state index is 0.700. The number of nitrogens with two attached hydrogens (primary N) is 1. The molecule has 0 atom stereocenters. The molecule has 0 aromatic heterocycles. The fraction of sp³-hybridized carbons (Fsp3) is 0.316. The lowest BCUT2D eigenvalue weighted by Crippen LogP contribution is -2.42. The van der Waals surface area contributed by atoms with Gasteiger partial charge in [0.2, 0.25) is 0 Å². The molecule has 1 saturated heterocycles. The van der Waals surface area contributed by atoms with Crippen LogP contribution in [0.4, 0.5) is 0 Å². The molecule has 0 bridgehead atoms. The van der Waals surface area contributed by atoms with E-state index in [4.69, 9.17) is 5.73 Å². The summed E-state index contributed by atoms with van der Waals surface area (Å²) in [5.74, 6) is 3.00. The maximum atomic E-state index is 6.08. The summed E-state index contributed by atoms with van der Waals surface area (Å²) in [4.78, 5) is 6.72. The molecule has 0 unspecified atom stereocenters. The largest absolute Gasteiger partial charge is 0.370 e. The van der Waals surface area contributed by atoms with Gasteiger partial charge in [0, 0.05) is 31.1 Å². The van der Waals surface area contributed by atoms with Gasteiger partial charge in [-0.25, -0.2) is 0 Å². The highest BCUT2D eigenvalue weighted by molar-refractivity contribution is 7.99. The van der Waals surface area contributed by atoms with Crippen LogP contribution in [0.1, 0.15) is 5.56 Å². The van der Waals surface area contributed by atoms with Crippen molar-refractivity contribution in [3.05, 3.63) is 60.2 Å². The van der Waals surface area contributed by atoms with Gasteiger partial charge in [0.25, 0.3) is 0 Å². The molecule has 2 aromatic carbocycles. The molecule has 23 heavy (non-hydrogen) atoms. The quantitative estimate of drug-likeness (QED) is 0.693. The summed E-state index contributed by atoms with van der Waals surface area (Å²) >= 11 is 1.98. The van der Waals surface area contributed by atoms with Gasteiger partial charge in [-0.15, -0.1) is 0 Å². The third kappa shape index (κ3) is 4.52. The van der Waals surface area contributed by atoms with E-state index in [1.54, 1.807) is 0 Å². The predicted molar refractivity (Wildman–Crippen MR) is 101 cm³/mol. The molecular formula is C19H23N3S. The monoisotopic (exact) mass is 325 g/mol. The SMILES string of the molecule is NC(=NCCc1ccc(-c2ccccc2)cc1)N1CCSCC1. The third-order valence-electron chi connectivity index (χ3n) is 4.07. The minimum atomic E-state index is 0.700. The highest BCUT2D eigenvalue weighted by Gasteiger charge is 2.11. The van der Waals surface area contributed by atoms with Crippen LogP contribution in [0.5, 0.6) is 0 Å². The van der Waals surface area contributed by atoms with E-state index in [0.29, 0.717) is 5.96 Å². The van der Waals surface area contributed by atoms with Gasteiger partial charge in [-0.2, -0.15) is 11.8 Å². The molecule has 1 aliphatic heterocycles. The van der Waals surface area contributed by atoms with E-state index in [9.17, 15) is 0 Å². The number of thioether (sulfide) groups is 1. The first kappa shape index (κ1) is 15.9. The topological polar surface area (TPSA) is 41.6 Å². The van der Waals surface area contributed by atoms with Gasteiger partial charge in [-0.05, 0) is 23.1 Å². The summed E-state index contributed by atoms with van der Waals surface area (Å²) in [7, 11) is 0. The van der Waals surface area contributed by atoms with Crippen molar-refractivity contribution in [2.24, 2.45) is 10.7 Å². The first-order valence-electron chi connectivity index (χ1n) is 8.10. The maximum Gasteiger partial charge on any atom is 0.191 e. The second-order valence-corrected chi connectivity index (χ2v) is 6.88. The lowest BCUT2D eigenvalue weighted by atomic mass is 10.0. The van der Waals surface area contributed by atoms with Crippen LogP contribution in [0.25, 0.3) is 11.1 Å². The van der Waals surface area contributed by atoms with Crippen molar-refractivity contribution in [1.82, 2.24) is 4.90 Å². The summed E-state index contributed by atoms with van der Waals surface area (Å²) in [5.41, 5.74) is 9.89. The molecule has 0 spiro atoms. The van der Waals surface area contributed by atoms with Crippen LogP contribution in [0.3, 0.4) is 0 Å². The number of hydrogen-bond acceptors (Lipinski definition) is 2. The third-order valence-corrected chi connectivity index (χ3v) is 5.01. The van der Waals surface area contributed by atoms with Crippen LogP contribution in [0.15, 0.2) is 59.6 Å². The molecule has 1 heterocycles. The molecule has 1 aliphatic rings. The van der Waals surface area contributed by atoms with Crippen molar-refractivity contribution in [3.63, 3.8) is 0 Å². The molecule has 120 valence electrons. The molecule has 0 saturated carbocycles. The molecule has 1 fully saturated rings. The van der Waals surface area contributed by atoms with Crippen LogP contribution in [0.2, 0.25) is 0 Å². The number of aliphatic imine (C=N–C) groups is 1. The van der Waals surface area contributed by atoms with Gasteiger partial charge >= 0.3 is 0 Å². The molecule has 0 aliphatic carbocycles. The Balaban J connectivity index is 1.54. The zero-order valence-corrected chi connectivity index (χ0v) is 14.1. The van der Waals surface area contributed by atoms with Crippen LogP contribution in [-0.4, -0.2) is 42.0 Å². The zero-order valence-electron chi connectivity index (χ0n) is 13.3. The van der Waals surface area contributed by atoms with Gasteiger partial charge < -0.3 is 10.6 Å². The summed E-state index contributed by atoms with van der Waals surface area (Å²) in [6, 6.07) is 19.2. The fourth-order valence-corrected chi connectivity index (χ4v) is 3.59. The predicted octanol–water partition coefficient (Wildman–Crippen LogP) is 3.26. The van der Waals surface area contributed by atoms with Crippen molar-refractivity contribution in [3.8, 4) is 11.1 Å². The van der Waals surface area contributed by atoms with Gasteiger partial charge in [0.15, 0.2) is 5.96 Å². The number of guanidine groups is 1. The van der Waals surface area contributed by atoms with E-state index in [1.807, 2.05) is 17.8 Å². The normalized spacial score (nSPS) is 15.7. The first-order chi connectivity index (χ1) is 11.3. The number of nitrogens with zero attached hydrogens (tertiary/aromatic N) is 2. The Morgan fingerprint density at radius 2 is 1.61 bits per heavy atom. The molecule has 4 heteroatoms. The molecular weight excluding hydrogens is 302 g/mol. The average molecular weight is 325 g/mol. The Bertz CT molecular complexity index is 631. The molecule has 3 rings (SSSR count). The highest BCUT2D eigenvalue weighted by atomic mass is 32.2. The Labute approximate surface area is 142 Å². The van der Waals surface area contributed by atoms with Crippen LogP contribution in [-0.2, 0) is 6.42 Å². The van der Waals surface area contributed by atoms with Crippen molar-refractivity contribution in [2.45, 2.75) is 6.42 Å². The first-order valence-corrected chi connectivity index (χ1v) is 9.25. The molecule has 3 nitrogen and oxygen atoms in total. The number of hydrogen-bond donors (Lipinski definition) is 1. The highest BCUT2D eigenvalue weighted by Crippen LogP contribution is 2.19. The van der Waals surface area contributed by atoms with Crippen LogP contribution < -0.4 is 5.73 Å². The fourth-order valence-electron chi connectivity index (χ4n) is 2.69. The Morgan fingerprint density at radius 3 is 2.30 bits per heavy atom. The summed E-state index contributed by atoms with van der Waals surface area (Å²) in [5, 5.41) is 0. The standard InChI is InChI=1S/C19H23N3S/c20-19(22-12-14-23-15-13-22)21-11-10-16-6-8-18(9-7-16)17-4-2-1-3-5-17/h1-9H,10-15H2,(H2,20,21). The molecule has 0 radical (unpaired) electrons. The van der Waals surface area contributed by atoms with Crippen LogP contribution >= 0.6 is 11.8 Å². The second kappa shape index (κ2) is 8.06. The minimum Gasteiger partial charge on any atom is -0.370 e. The van der Waals surface area contributed by atoms with E-state index < -0.39 is 0 Å². The lowest BCUT2D eigenvalue weighted by Gasteiger charge is -2.27. The summed E-state index contributed by atoms with van der Waals surface area (Å²) in [6.07, 6.45) is 0.929. The average Bonchev–Trinajstić information content (AvgIpc) is 2.64. The van der Waals surface area contributed by atoms with Gasteiger partial charge in [-0.3, -0.25) is 4.99 Å².